The number of nitrogens with one attached hydrogen (secondary N) is 1. The maximum Gasteiger partial charge on any atom is 0.165 e. The summed E-state index contributed by atoms with van der Waals surface area (Å²) in [6.07, 6.45) is 16.8. The second-order valence-corrected chi connectivity index (χ2v) is 8.25. The highest BCUT2D eigenvalue weighted by molar-refractivity contribution is 5.91. The summed E-state index contributed by atoms with van der Waals surface area (Å²) in [4.78, 5) is 9.31. The summed E-state index contributed by atoms with van der Waals surface area (Å²) in [6.45, 7) is 10.7. The fourth-order valence-electron chi connectivity index (χ4n) is 3.39. The minimum atomic E-state index is 0.0484. The number of benzene rings is 2. The Morgan fingerprint density at radius 2 is 1.97 bits per heavy atom. The minimum Gasteiger partial charge on any atom is -0.507 e. The van der Waals surface area contributed by atoms with Gasteiger partial charge in [-0.1, -0.05) is 44.2 Å². The second kappa shape index (κ2) is 14.3. The van der Waals surface area contributed by atoms with Crippen molar-refractivity contribution < 1.29 is 9.84 Å². The van der Waals surface area contributed by atoms with Crippen LogP contribution in [0.25, 0.3) is 27.9 Å². The van der Waals surface area contributed by atoms with Crippen LogP contribution in [0.5, 0.6) is 5.75 Å². The van der Waals surface area contributed by atoms with Crippen LogP contribution in [0.4, 0.5) is 5.82 Å². The van der Waals surface area contributed by atoms with Gasteiger partial charge < -0.3 is 20.9 Å². The summed E-state index contributed by atoms with van der Waals surface area (Å²) in [6, 6.07) is 13.2. The van der Waals surface area contributed by atoms with Crippen LogP contribution in [0.3, 0.4) is 0 Å². The van der Waals surface area contributed by atoms with Crippen molar-refractivity contribution in [3.05, 3.63) is 78.8 Å². The Hall–Kier alpha value is -4.08. The van der Waals surface area contributed by atoms with Gasteiger partial charge in [0.25, 0.3) is 0 Å². The number of hydrogen-bond acceptors (Lipinski definition) is 6. The number of para-hydroxylation sites is 1. The normalized spacial score (nSPS) is 13.7. The van der Waals surface area contributed by atoms with E-state index in [4.69, 9.17) is 10.5 Å². The number of phenolic OH excluding ortho intramolecular Hbond substituents is 1. The number of aromatic nitrogens is 2. The van der Waals surface area contributed by atoms with Crippen LogP contribution in [0.15, 0.2) is 73.2 Å². The van der Waals surface area contributed by atoms with Crippen LogP contribution < -0.4 is 11.1 Å². The smallest absolute Gasteiger partial charge is 0.165 e. The van der Waals surface area contributed by atoms with Gasteiger partial charge in [-0.3, -0.25) is 0 Å². The Kier molecular flexibility index (Phi) is 11.2. The van der Waals surface area contributed by atoms with Crippen LogP contribution in [0.1, 0.15) is 45.6 Å². The molecule has 2 aromatic carbocycles. The van der Waals surface area contributed by atoms with Gasteiger partial charge in [0, 0.05) is 24.4 Å². The molecule has 0 amide bonds. The van der Waals surface area contributed by atoms with Gasteiger partial charge in [0.05, 0.1) is 17.3 Å². The van der Waals surface area contributed by atoms with Gasteiger partial charge in [0.2, 0.25) is 0 Å². The van der Waals surface area contributed by atoms with Crippen molar-refractivity contribution >= 4 is 22.3 Å². The molecule has 1 unspecified atom stereocenters. The fraction of sp³-hybridized carbons (Fsp3) is 0.267. The number of phenols is 1. The van der Waals surface area contributed by atoms with E-state index in [1.54, 1.807) is 12.3 Å². The number of anilines is 1. The summed E-state index contributed by atoms with van der Waals surface area (Å²) in [7, 11) is 0. The predicted octanol–water partition coefficient (Wildman–Crippen LogP) is 6.65. The van der Waals surface area contributed by atoms with E-state index in [2.05, 4.69) is 54.6 Å². The molecule has 188 valence electrons. The van der Waals surface area contributed by atoms with Gasteiger partial charge >= 0.3 is 0 Å². The molecular formula is C30H36N4O2. The molecule has 4 rings (SSSR count). The van der Waals surface area contributed by atoms with Crippen molar-refractivity contribution in [2.75, 3.05) is 11.9 Å². The third kappa shape index (κ3) is 7.72. The average molecular weight is 485 g/mol. The summed E-state index contributed by atoms with van der Waals surface area (Å²) in [5, 5.41) is 14.6. The molecule has 0 bridgehead atoms. The Bertz CT molecular complexity index is 1230. The number of terminal acetylenes is 1. The molecule has 0 aliphatic carbocycles. The van der Waals surface area contributed by atoms with Gasteiger partial charge in [-0.2, -0.15) is 0 Å². The van der Waals surface area contributed by atoms with Crippen molar-refractivity contribution in [2.45, 2.75) is 46.1 Å². The minimum absolute atomic E-state index is 0.0484. The van der Waals surface area contributed by atoms with Gasteiger partial charge in [0.1, 0.15) is 17.3 Å². The number of nitrogens with two attached hydrogens (primary N) is 1. The zero-order chi connectivity index (χ0) is 26.5. The topological polar surface area (TPSA) is 93.3 Å². The molecule has 1 aromatic heterocycles. The summed E-state index contributed by atoms with van der Waals surface area (Å²) in [5.41, 5.74) is 9.29. The average Bonchev–Trinajstić information content (AvgIpc) is 3.42. The van der Waals surface area contributed by atoms with Crippen molar-refractivity contribution in [1.82, 2.24) is 9.97 Å². The second-order valence-electron chi connectivity index (χ2n) is 8.25. The monoisotopic (exact) mass is 484 g/mol. The quantitative estimate of drug-likeness (QED) is 0.325. The molecular weight excluding hydrogens is 448 g/mol. The third-order valence-corrected chi connectivity index (χ3v) is 5.46. The lowest BCUT2D eigenvalue weighted by Crippen LogP contribution is -2.28. The summed E-state index contributed by atoms with van der Waals surface area (Å²) < 4.78 is 5.07. The van der Waals surface area contributed by atoms with Gasteiger partial charge in [-0.05, 0) is 61.7 Å². The molecule has 0 saturated heterocycles. The third-order valence-electron chi connectivity index (χ3n) is 5.46. The maximum absolute atomic E-state index is 10.3. The standard InChI is InChI=1S/C21H24N4O.C7H10O.C2H2/c1-4-15(22)12-23-20-16-7-5-6-8-18(16)24-21(25-20)17-11-14(13(2)3)9-10-19(17)26;1-2-4-7-5-3-6-8-7;1-2/h5-11,15,26H,2,4,12,22H2,1,3H3,(H,23,24,25);3-4,6H,2,5H2,1H3;1-2H/b;7-4+;. The van der Waals surface area contributed by atoms with Crippen molar-refractivity contribution in [3.63, 3.8) is 0 Å². The zero-order valence-electron chi connectivity index (χ0n) is 21.4. The van der Waals surface area contributed by atoms with Crippen LogP contribution in [0, 0.1) is 12.8 Å². The number of ether oxygens (including phenoxy) is 1. The van der Waals surface area contributed by atoms with Gasteiger partial charge in [-0.15, -0.1) is 12.8 Å². The molecule has 4 N–H and O–H groups in total. The molecule has 36 heavy (non-hydrogen) atoms. The van der Waals surface area contributed by atoms with Crippen molar-refractivity contribution in [2.24, 2.45) is 5.73 Å². The Balaban J connectivity index is 0.000000384. The molecule has 1 atom stereocenters. The van der Waals surface area contributed by atoms with E-state index >= 15 is 0 Å². The van der Waals surface area contributed by atoms with E-state index in [1.807, 2.05) is 49.4 Å². The highest BCUT2D eigenvalue weighted by atomic mass is 16.5. The molecule has 0 radical (unpaired) electrons. The lowest BCUT2D eigenvalue weighted by Gasteiger charge is -2.14. The van der Waals surface area contributed by atoms with Gasteiger partial charge in [0.15, 0.2) is 5.82 Å². The Morgan fingerprint density at radius 1 is 1.22 bits per heavy atom. The van der Waals surface area contributed by atoms with E-state index in [1.165, 1.54) is 0 Å². The van der Waals surface area contributed by atoms with Crippen LogP contribution in [-0.2, 0) is 4.74 Å². The van der Waals surface area contributed by atoms with Crippen molar-refractivity contribution in [3.8, 4) is 30.0 Å². The Labute approximate surface area is 214 Å². The summed E-state index contributed by atoms with van der Waals surface area (Å²) in [5.74, 6) is 2.42. The van der Waals surface area contributed by atoms with E-state index in [0.29, 0.717) is 17.9 Å². The number of allylic oxidation sites excluding steroid dienone is 3. The molecule has 1 aliphatic heterocycles. The Morgan fingerprint density at radius 3 is 2.61 bits per heavy atom. The van der Waals surface area contributed by atoms with E-state index in [0.717, 1.165) is 52.9 Å². The first-order valence-electron chi connectivity index (χ1n) is 12.0. The zero-order valence-corrected chi connectivity index (χ0v) is 21.4. The van der Waals surface area contributed by atoms with E-state index in [9.17, 15) is 5.11 Å². The highest BCUT2D eigenvalue weighted by Gasteiger charge is 2.14. The largest absolute Gasteiger partial charge is 0.507 e. The first kappa shape index (κ1) is 28.2. The number of aromatic hydroxyl groups is 1. The molecule has 0 spiro atoms. The number of nitrogens with zero attached hydrogens (tertiary/aromatic N) is 2. The summed E-state index contributed by atoms with van der Waals surface area (Å²) >= 11 is 0. The van der Waals surface area contributed by atoms with Crippen LogP contribution in [-0.4, -0.2) is 27.7 Å². The molecule has 0 saturated carbocycles. The molecule has 3 aromatic rings. The van der Waals surface area contributed by atoms with E-state index in [-0.39, 0.29) is 11.8 Å². The first-order valence-corrected chi connectivity index (χ1v) is 12.0. The fourth-order valence-corrected chi connectivity index (χ4v) is 3.39. The molecule has 6 nitrogen and oxygen atoms in total. The molecule has 6 heteroatoms. The highest BCUT2D eigenvalue weighted by Crippen LogP contribution is 2.32. The molecule has 1 aliphatic rings. The molecule has 0 fully saturated rings. The van der Waals surface area contributed by atoms with E-state index < -0.39 is 0 Å². The SMILES string of the molecule is C#C.C=C(C)c1ccc(O)c(-c2nc(NCC(N)CC)c3ccccc3n2)c1.CC/C=C1\CC=CO1. The lowest BCUT2D eigenvalue weighted by atomic mass is 10.0. The first-order chi connectivity index (χ1) is 17.4. The van der Waals surface area contributed by atoms with Crippen molar-refractivity contribution in [1.29, 1.82) is 0 Å². The number of rotatable bonds is 7. The van der Waals surface area contributed by atoms with Gasteiger partial charge in [-0.25, -0.2) is 9.97 Å². The maximum atomic E-state index is 10.3. The number of fused-ring (bicyclic) bond motifs is 1. The molecule has 2 heterocycles. The predicted molar refractivity (Wildman–Crippen MR) is 151 cm³/mol. The van der Waals surface area contributed by atoms with Crippen LogP contribution >= 0.6 is 0 Å². The lowest BCUT2D eigenvalue weighted by molar-refractivity contribution is 0.365. The van der Waals surface area contributed by atoms with Crippen LogP contribution in [0.2, 0.25) is 0 Å². The number of hydrogen-bond donors (Lipinski definition) is 3.